The van der Waals surface area contributed by atoms with Gasteiger partial charge in [-0.2, -0.15) is 13.2 Å². The highest BCUT2D eigenvalue weighted by Crippen LogP contribution is 2.33. The summed E-state index contributed by atoms with van der Waals surface area (Å²) < 4.78 is 41.8. The third kappa shape index (κ3) is 4.98. The fourth-order valence-corrected chi connectivity index (χ4v) is 4.89. The van der Waals surface area contributed by atoms with Crippen molar-refractivity contribution in [2.75, 3.05) is 31.1 Å². The second kappa shape index (κ2) is 9.39. The monoisotopic (exact) mass is 492 g/mol. The summed E-state index contributed by atoms with van der Waals surface area (Å²) in [7, 11) is 0. The molecule has 9 heteroatoms. The molecule has 0 bridgehead atoms. The Morgan fingerprint density at radius 2 is 1.71 bits per heavy atom. The van der Waals surface area contributed by atoms with Crippen molar-refractivity contribution < 1.29 is 18.0 Å². The van der Waals surface area contributed by atoms with Crippen molar-refractivity contribution in [1.29, 1.82) is 0 Å². The molecule has 35 heavy (non-hydrogen) atoms. The highest BCUT2D eigenvalue weighted by Gasteiger charge is 2.34. The van der Waals surface area contributed by atoms with E-state index in [2.05, 4.69) is 26.7 Å². The maximum Gasteiger partial charge on any atom is 0.417 e. The van der Waals surface area contributed by atoms with Crippen LogP contribution in [0, 0.1) is 11.8 Å². The zero-order valence-corrected chi connectivity index (χ0v) is 19.2. The predicted octanol–water partition coefficient (Wildman–Crippen LogP) is 5.07. The number of halogens is 3. The topological polar surface area (TPSA) is 49.3 Å². The van der Waals surface area contributed by atoms with E-state index in [4.69, 9.17) is 0 Å². The number of rotatable bonds is 2. The van der Waals surface area contributed by atoms with Gasteiger partial charge in [0.1, 0.15) is 5.69 Å². The zero-order chi connectivity index (χ0) is 24.4. The number of alkyl halides is 3. The van der Waals surface area contributed by atoms with Crippen LogP contribution < -0.4 is 4.90 Å². The van der Waals surface area contributed by atoms with E-state index in [9.17, 15) is 18.0 Å². The minimum Gasteiger partial charge on any atom is -0.345 e. The molecule has 0 aliphatic carbocycles. The zero-order valence-electron chi connectivity index (χ0n) is 18.4. The minimum absolute atomic E-state index is 0.178. The third-order valence-electron chi connectivity index (χ3n) is 5.68. The van der Waals surface area contributed by atoms with Gasteiger partial charge < -0.3 is 9.80 Å². The van der Waals surface area contributed by atoms with Crippen LogP contribution in [0.25, 0.3) is 10.2 Å². The van der Waals surface area contributed by atoms with Gasteiger partial charge in [-0.15, -0.1) is 0 Å². The Morgan fingerprint density at radius 3 is 2.43 bits per heavy atom. The number of para-hydroxylation sites is 1. The Hall–Kier alpha value is -3.90. The first-order chi connectivity index (χ1) is 16.9. The van der Waals surface area contributed by atoms with Crippen molar-refractivity contribution in [2.24, 2.45) is 0 Å². The first-order valence-corrected chi connectivity index (χ1v) is 11.7. The number of fused-ring (bicyclic) bond motifs is 1. The summed E-state index contributed by atoms with van der Waals surface area (Å²) in [5.74, 6) is 4.90. The number of hydrogen-bond donors (Lipinski definition) is 0. The summed E-state index contributed by atoms with van der Waals surface area (Å²) in [4.78, 5) is 25.6. The number of piperazine rings is 1. The highest BCUT2D eigenvalue weighted by atomic mass is 32.1. The molecule has 0 radical (unpaired) electrons. The van der Waals surface area contributed by atoms with Crippen molar-refractivity contribution in [2.45, 2.75) is 6.18 Å². The van der Waals surface area contributed by atoms with Gasteiger partial charge in [-0.1, -0.05) is 35.5 Å². The van der Waals surface area contributed by atoms with E-state index in [0.29, 0.717) is 31.9 Å². The van der Waals surface area contributed by atoms with Gasteiger partial charge in [-0.3, -0.25) is 4.79 Å². The molecule has 4 aromatic rings. The lowest BCUT2D eigenvalue weighted by molar-refractivity contribution is -0.137. The molecular weight excluding hydrogens is 473 g/mol. The predicted molar refractivity (Wildman–Crippen MR) is 129 cm³/mol. The number of carbonyl (C=O) groups is 1. The van der Waals surface area contributed by atoms with Crippen LogP contribution in [0.5, 0.6) is 0 Å². The molecule has 5 nitrogen and oxygen atoms in total. The van der Waals surface area contributed by atoms with E-state index < -0.39 is 11.7 Å². The molecule has 2 aromatic heterocycles. The molecular formula is C26H19F3N4OS. The number of nitrogens with zero attached hydrogens (tertiary/aromatic N) is 4. The lowest BCUT2D eigenvalue weighted by Gasteiger charge is -2.34. The van der Waals surface area contributed by atoms with Crippen molar-refractivity contribution in [3.05, 3.63) is 89.2 Å². The van der Waals surface area contributed by atoms with Crippen molar-refractivity contribution in [3.63, 3.8) is 0 Å². The molecule has 2 aromatic carbocycles. The van der Waals surface area contributed by atoms with Gasteiger partial charge in [0.25, 0.3) is 5.91 Å². The van der Waals surface area contributed by atoms with Crippen LogP contribution >= 0.6 is 11.3 Å². The van der Waals surface area contributed by atoms with E-state index in [1.807, 2.05) is 24.3 Å². The smallest absolute Gasteiger partial charge is 0.345 e. The normalized spacial score (nSPS) is 14.0. The molecule has 1 fully saturated rings. The van der Waals surface area contributed by atoms with Crippen LogP contribution in [0.2, 0.25) is 0 Å². The average Bonchev–Trinajstić information content (AvgIpc) is 3.31. The van der Waals surface area contributed by atoms with Crippen LogP contribution in [-0.2, 0) is 6.18 Å². The number of carbonyl (C=O) groups excluding carboxylic acids is 1. The SMILES string of the molecule is O=C(c1ccc(C(F)(F)F)c(C#Cc2ccccn2)c1)N1CCN(c2nc3ccccc3s2)CC1. The second-order valence-electron chi connectivity index (χ2n) is 7.97. The van der Waals surface area contributed by atoms with Crippen LogP contribution in [0.1, 0.15) is 27.2 Å². The Labute approximate surface area is 203 Å². The maximum atomic E-state index is 13.6. The number of thiazole rings is 1. The van der Waals surface area contributed by atoms with Crippen LogP contribution in [-0.4, -0.2) is 47.0 Å². The summed E-state index contributed by atoms with van der Waals surface area (Å²) >= 11 is 1.60. The number of anilines is 1. The summed E-state index contributed by atoms with van der Waals surface area (Å²) in [6, 6.07) is 16.3. The molecule has 0 unspecified atom stereocenters. The van der Waals surface area contributed by atoms with Crippen LogP contribution in [0.3, 0.4) is 0 Å². The number of amides is 1. The quantitative estimate of drug-likeness (QED) is 0.367. The van der Waals surface area contributed by atoms with Crippen LogP contribution in [0.15, 0.2) is 66.9 Å². The average molecular weight is 493 g/mol. The summed E-state index contributed by atoms with van der Waals surface area (Å²) in [5, 5.41) is 0.903. The standard InChI is InChI=1S/C26H19F3N4OS/c27-26(28,29)21-11-9-19(17-18(21)8-10-20-5-3-4-12-30-20)24(34)32-13-15-33(16-14-32)25-31-22-6-1-2-7-23(22)35-25/h1-7,9,11-12,17H,13-16H2. The molecule has 0 spiro atoms. The van der Waals surface area contributed by atoms with Gasteiger partial charge in [-0.05, 0) is 48.4 Å². The summed E-state index contributed by atoms with van der Waals surface area (Å²) in [6.45, 7) is 2.09. The molecule has 0 N–H and O–H groups in total. The van der Waals surface area contributed by atoms with E-state index in [0.717, 1.165) is 21.4 Å². The van der Waals surface area contributed by atoms with Gasteiger partial charge >= 0.3 is 6.18 Å². The Bertz CT molecular complexity index is 1400. The molecule has 5 rings (SSSR count). The number of benzene rings is 2. The Kier molecular flexibility index (Phi) is 6.14. The summed E-state index contributed by atoms with van der Waals surface area (Å²) in [5.41, 5.74) is 0.343. The van der Waals surface area contributed by atoms with E-state index in [1.165, 1.54) is 18.3 Å². The van der Waals surface area contributed by atoms with E-state index >= 15 is 0 Å². The largest absolute Gasteiger partial charge is 0.417 e. The van der Waals surface area contributed by atoms with Gasteiger partial charge in [0.15, 0.2) is 5.13 Å². The Balaban J connectivity index is 1.34. The van der Waals surface area contributed by atoms with E-state index in [1.54, 1.807) is 34.4 Å². The second-order valence-corrected chi connectivity index (χ2v) is 8.98. The fraction of sp³-hybridized carbons (Fsp3) is 0.192. The number of aromatic nitrogens is 2. The van der Waals surface area contributed by atoms with Gasteiger partial charge in [0, 0.05) is 43.5 Å². The Morgan fingerprint density at radius 1 is 0.943 bits per heavy atom. The molecule has 1 saturated heterocycles. The molecule has 1 aliphatic rings. The molecule has 3 heterocycles. The van der Waals surface area contributed by atoms with Crippen molar-refractivity contribution in [1.82, 2.24) is 14.9 Å². The highest BCUT2D eigenvalue weighted by molar-refractivity contribution is 7.22. The number of pyridine rings is 1. The lowest BCUT2D eigenvalue weighted by atomic mass is 10.0. The van der Waals surface area contributed by atoms with Gasteiger partial charge in [0.05, 0.1) is 15.8 Å². The van der Waals surface area contributed by atoms with E-state index in [-0.39, 0.29) is 17.0 Å². The maximum absolute atomic E-state index is 13.6. The first-order valence-electron chi connectivity index (χ1n) is 10.9. The molecule has 1 amide bonds. The molecule has 0 saturated carbocycles. The molecule has 1 aliphatic heterocycles. The third-order valence-corrected chi connectivity index (χ3v) is 6.78. The van der Waals surface area contributed by atoms with Gasteiger partial charge in [0.2, 0.25) is 0 Å². The van der Waals surface area contributed by atoms with Gasteiger partial charge in [-0.25, -0.2) is 9.97 Å². The number of hydrogen-bond acceptors (Lipinski definition) is 5. The lowest BCUT2D eigenvalue weighted by Crippen LogP contribution is -2.48. The molecule has 176 valence electrons. The fourth-order valence-electron chi connectivity index (χ4n) is 3.87. The molecule has 0 atom stereocenters. The minimum atomic E-state index is -4.58. The van der Waals surface area contributed by atoms with Crippen LogP contribution in [0.4, 0.5) is 18.3 Å². The van der Waals surface area contributed by atoms with Crippen molar-refractivity contribution in [3.8, 4) is 11.8 Å². The van der Waals surface area contributed by atoms with Crippen molar-refractivity contribution >= 4 is 32.6 Å². The summed E-state index contributed by atoms with van der Waals surface area (Å²) in [6.07, 6.45) is -3.07. The first kappa shape index (κ1) is 22.9.